The van der Waals surface area contributed by atoms with Gasteiger partial charge in [-0.2, -0.15) is 0 Å². The highest BCUT2D eigenvalue weighted by molar-refractivity contribution is 7.07. The second-order valence-electron chi connectivity index (χ2n) is 4.07. The highest BCUT2D eigenvalue weighted by Crippen LogP contribution is 2.21. The molecule has 3 rings (SSSR count). The van der Waals surface area contributed by atoms with E-state index in [1.165, 1.54) is 11.3 Å². The van der Waals surface area contributed by atoms with Crippen molar-refractivity contribution in [1.29, 1.82) is 0 Å². The molecule has 0 aliphatic heterocycles. The number of fused-ring (bicyclic) bond motifs is 1. The molecule has 0 spiro atoms. The quantitative estimate of drug-likeness (QED) is 0.718. The number of nitrogen functional groups attached to an aromatic ring is 1. The smallest absolute Gasteiger partial charge is 0.287 e. The van der Waals surface area contributed by atoms with Crippen LogP contribution < -0.4 is 11.1 Å². The number of furan rings is 1. The zero-order valence-electron chi connectivity index (χ0n) is 9.92. The van der Waals surface area contributed by atoms with Crippen molar-refractivity contribution >= 4 is 33.9 Å². The molecule has 5 nitrogen and oxygen atoms in total. The molecule has 0 saturated heterocycles. The van der Waals surface area contributed by atoms with Crippen molar-refractivity contribution in [1.82, 2.24) is 10.3 Å². The lowest BCUT2D eigenvalue weighted by atomic mass is 10.2. The summed E-state index contributed by atoms with van der Waals surface area (Å²) in [4.78, 5) is 16.0. The first-order valence-corrected chi connectivity index (χ1v) is 6.61. The van der Waals surface area contributed by atoms with Gasteiger partial charge in [-0.3, -0.25) is 4.79 Å². The number of nitrogens with zero attached hydrogens (tertiary/aromatic N) is 1. The molecule has 0 bridgehead atoms. The Hall–Kier alpha value is -2.34. The largest absolute Gasteiger partial charge is 0.451 e. The van der Waals surface area contributed by atoms with Crippen LogP contribution in [-0.4, -0.2) is 10.9 Å². The SMILES string of the molecule is Nc1ccc2oc(C(=O)NCc3cscn3)cc2c1. The highest BCUT2D eigenvalue weighted by Gasteiger charge is 2.12. The van der Waals surface area contributed by atoms with Gasteiger partial charge in [0, 0.05) is 16.5 Å². The molecule has 2 aromatic heterocycles. The van der Waals surface area contributed by atoms with E-state index in [4.69, 9.17) is 10.2 Å². The molecule has 0 atom stereocenters. The summed E-state index contributed by atoms with van der Waals surface area (Å²) in [6.07, 6.45) is 0. The monoisotopic (exact) mass is 273 g/mol. The molecular formula is C13H11N3O2S. The fourth-order valence-corrected chi connectivity index (χ4v) is 2.31. The number of thiazole rings is 1. The number of rotatable bonds is 3. The first-order chi connectivity index (χ1) is 9.22. The summed E-state index contributed by atoms with van der Waals surface area (Å²) in [5.74, 6) is 0.0126. The Balaban J connectivity index is 1.77. The van der Waals surface area contributed by atoms with Gasteiger partial charge in [-0.05, 0) is 24.3 Å². The van der Waals surface area contributed by atoms with Crippen LogP contribution in [0.25, 0.3) is 11.0 Å². The third-order valence-electron chi connectivity index (χ3n) is 2.68. The Morgan fingerprint density at radius 3 is 3.11 bits per heavy atom. The molecule has 0 saturated carbocycles. The van der Waals surface area contributed by atoms with Gasteiger partial charge in [-0.15, -0.1) is 11.3 Å². The number of nitrogens with two attached hydrogens (primary N) is 1. The van der Waals surface area contributed by atoms with Gasteiger partial charge in [0.1, 0.15) is 5.58 Å². The summed E-state index contributed by atoms with van der Waals surface area (Å²) in [6.45, 7) is 0.390. The second-order valence-corrected chi connectivity index (χ2v) is 4.79. The van der Waals surface area contributed by atoms with Gasteiger partial charge in [-0.25, -0.2) is 4.98 Å². The normalized spacial score (nSPS) is 10.7. The lowest BCUT2D eigenvalue weighted by Crippen LogP contribution is -2.22. The second kappa shape index (κ2) is 4.74. The lowest BCUT2D eigenvalue weighted by Gasteiger charge is -1.99. The molecule has 0 fully saturated rings. The van der Waals surface area contributed by atoms with Gasteiger partial charge < -0.3 is 15.5 Å². The number of amides is 1. The minimum atomic E-state index is -0.261. The van der Waals surface area contributed by atoms with Gasteiger partial charge in [0.15, 0.2) is 5.76 Å². The van der Waals surface area contributed by atoms with Crippen LogP contribution in [-0.2, 0) is 6.54 Å². The minimum absolute atomic E-state index is 0.261. The molecule has 3 N–H and O–H groups in total. The molecule has 0 aliphatic carbocycles. The first kappa shape index (κ1) is 11.7. The number of benzene rings is 1. The number of carbonyl (C=O) groups excluding carboxylic acids is 1. The Labute approximate surface area is 113 Å². The molecule has 0 aliphatic rings. The van der Waals surface area contributed by atoms with E-state index in [9.17, 15) is 4.79 Å². The summed E-state index contributed by atoms with van der Waals surface area (Å²) < 4.78 is 5.47. The van der Waals surface area contributed by atoms with E-state index in [1.807, 2.05) is 5.38 Å². The molecule has 2 heterocycles. The number of nitrogens with one attached hydrogen (secondary N) is 1. The number of anilines is 1. The van der Waals surface area contributed by atoms with Crippen LogP contribution >= 0.6 is 11.3 Å². The topological polar surface area (TPSA) is 81.1 Å². The third-order valence-corrected chi connectivity index (χ3v) is 3.31. The molecule has 6 heteroatoms. The maximum absolute atomic E-state index is 11.9. The van der Waals surface area contributed by atoms with Crippen LogP contribution in [0.15, 0.2) is 39.6 Å². The van der Waals surface area contributed by atoms with Gasteiger partial charge in [-0.1, -0.05) is 0 Å². The summed E-state index contributed by atoms with van der Waals surface area (Å²) in [7, 11) is 0. The molecular weight excluding hydrogens is 262 g/mol. The van der Waals surface area contributed by atoms with Crippen LogP contribution in [0.2, 0.25) is 0 Å². The Morgan fingerprint density at radius 1 is 1.42 bits per heavy atom. The minimum Gasteiger partial charge on any atom is -0.451 e. The number of hydrogen-bond acceptors (Lipinski definition) is 5. The zero-order chi connectivity index (χ0) is 13.2. The Kier molecular flexibility index (Phi) is 2.92. The Morgan fingerprint density at radius 2 is 2.32 bits per heavy atom. The number of aromatic nitrogens is 1. The molecule has 0 radical (unpaired) electrons. The summed E-state index contributed by atoms with van der Waals surface area (Å²) in [5, 5.41) is 5.46. The van der Waals surface area contributed by atoms with Crippen LogP contribution in [0, 0.1) is 0 Å². The third kappa shape index (κ3) is 2.43. The van der Waals surface area contributed by atoms with Crippen molar-refractivity contribution in [3.63, 3.8) is 0 Å². The number of carbonyl (C=O) groups is 1. The summed E-state index contributed by atoms with van der Waals surface area (Å²) in [5.41, 5.74) is 9.53. The molecule has 3 aromatic rings. The van der Waals surface area contributed by atoms with E-state index in [2.05, 4.69) is 10.3 Å². The molecule has 1 amide bonds. The van der Waals surface area contributed by atoms with Crippen molar-refractivity contribution in [3.05, 3.63) is 46.6 Å². The van der Waals surface area contributed by atoms with Crippen LogP contribution in [0.5, 0.6) is 0 Å². The van der Waals surface area contributed by atoms with Crippen molar-refractivity contribution in [2.75, 3.05) is 5.73 Å². The summed E-state index contributed by atoms with van der Waals surface area (Å²) in [6, 6.07) is 6.95. The average Bonchev–Trinajstić information content (AvgIpc) is 3.04. The standard InChI is InChI=1S/C13H11N3O2S/c14-9-1-2-11-8(3-9)4-12(18-11)13(17)15-5-10-6-19-7-16-10/h1-4,6-7H,5,14H2,(H,15,17). The predicted molar refractivity (Wildman–Crippen MR) is 73.9 cm³/mol. The van der Waals surface area contributed by atoms with Crippen molar-refractivity contribution in [2.24, 2.45) is 0 Å². The molecule has 19 heavy (non-hydrogen) atoms. The maximum atomic E-state index is 11.9. The van der Waals surface area contributed by atoms with E-state index in [-0.39, 0.29) is 11.7 Å². The predicted octanol–water partition coefficient (Wildman–Crippen LogP) is 2.40. The van der Waals surface area contributed by atoms with Crippen molar-refractivity contribution < 1.29 is 9.21 Å². The van der Waals surface area contributed by atoms with Crippen LogP contribution in [0.4, 0.5) is 5.69 Å². The van der Waals surface area contributed by atoms with E-state index in [0.29, 0.717) is 17.8 Å². The average molecular weight is 273 g/mol. The summed E-state index contributed by atoms with van der Waals surface area (Å²) >= 11 is 1.49. The molecule has 96 valence electrons. The lowest BCUT2D eigenvalue weighted by molar-refractivity contribution is 0.0925. The van der Waals surface area contributed by atoms with E-state index in [0.717, 1.165) is 11.1 Å². The van der Waals surface area contributed by atoms with E-state index < -0.39 is 0 Å². The molecule has 1 aromatic carbocycles. The van der Waals surface area contributed by atoms with Gasteiger partial charge in [0.2, 0.25) is 0 Å². The maximum Gasteiger partial charge on any atom is 0.287 e. The van der Waals surface area contributed by atoms with Gasteiger partial charge in [0.25, 0.3) is 5.91 Å². The first-order valence-electron chi connectivity index (χ1n) is 5.67. The fraction of sp³-hybridized carbons (Fsp3) is 0.0769. The van der Waals surface area contributed by atoms with Gasteiger partial charge >= 0.3 is 0 Å². The van der Waals surface area contributed by atoms with Crippen LogP contribution in [0.1, 0.15) is 16.2 Å². The molecule has 0 unspecified atom stereocenters. The van der Waals surface area contributed by atoms with Crippen LogP contribution in [0.3, 0.4) is 0 Å². The number of hydrogen-bond donors (Lipinski definition) is 2. The highest BCUT2D eigenvalue weighted by atomic mass is 32.1. The van der Waals surface area contributed by atoms with Crippen molar-refractivity contribution in [2.45, 2.75) is 6.54 Å². The van der Waals surface area contributed by atoms with E-state index in [1.54, 1.807) is 29.8 Å². The fourth-order valence-electron chi connectivity index (χ4n) is 1.76. The van der Waals surface area contributed by atoms with Gasteiger partial charge in [0.05, 0.1) is 17.7 Å². The Bertz CT molecular complexity index is 719. The van der Waals surface area contributed by atoms with E-state index >= 15 is 0 Å². The zero-order valence-corrected chi connectivity index (χ0v) is 10.7. The van der Waals surface area contributed by atoms with Crippen molar-refractivity contribution in [3.8, 4) is 0 Å².